The van der Waals surface area contributed by atoms with E-state index in [2.05, 4.69) is 0 Å². The first-order valence-corrected chi connectivity index (χ1v) is 20.2. The van der Waals surface area contributed by atoms with Crippen molar-refractivity contribution in [3.63, 3.8) is 0 Å². The molecule has 0 aromatic heterocycles. The summed E-state index contributed by atoms with van der Waals surface area (Å²) in [6, 6.07) is 0. The van der Waals surface area contributed by atoms with Crippen molar-refractivity contribution in [3.8, 4) is 0 Å². The van der Waals surface area contributed by atoms with E-state index in [-0.39, 0.29) is 38.9 Å². The molecule has 294 valence electrons. The van der Waals surface area contributed by atoms with Gasteiger partial charge in [0.25, 0.3) is 0 Å². The van der Waals surface area contributed by atoms with Gasteiger partial charge in [0, 0.05) is 34.5 Å². The van der Waals surface area contributed by atoms with E-state index in [1.54, 1.807) is 0 Å². The second-order valence-corrected chi connectivity index (χ2v) is 20.8. The van der Waals surface area contributed by atoms with Gasteiger partial charge in [0.2, 0.25) is 5.79 Å². The molecule has 4 aliphatic heterocycles. The Balaban J connectivity index is 0.996. The van der Waals surface area contributed by atoms with Crippen molar-refractivity contribution in [3.05, 3.63) is 0 Å². The van der Waals surface area contributed by atoms with Crippen LogP contribution in [0, 0.1) is 73.9 Å². The molecule has 11 aliphatic rings. The summed E-state index contributed by atoms with van der Waals surface area (Å²) in [5, 5.41) is 84.0. The van der Waals surface area contributed by atoms with E-state index in [4.69, 9.17) is 14.2 Å². The molecule has 7 saturated carbocycles. The van der Waals surface area contributed by atoms with Crippen molar-refractivity contribution in [2.24, 2.45) is 73.9 Å². The molecule has 19 atom stereocenters. The summed E-state index contributed by atoms with van der Waals surface area (Å²) in [6.07, 6.45) is -4.09. The minimum absolute atomic E-state index is 0.00448. The first-order chi connectivity index (χ1) is 24.7. The molecule has 4 heterocycles. The zero-order valence-electron chi connectivity index (χ0n) is 31.1. The zero-order chi connectivity index (χ0) is 37.8. The molecule has 13 heteroatoms. The number of hydrogen-bond acceptors (Lipinski definition) is 13. The summed E-state index contributed by atoms with van der Waals surface area (Å²) in [7, 11) is 0. The second-order valence-electron chi connectivity index (χ2n) is 20.8. The van der Waals surface area contributed by atoms with Crippen molar-refractivity contribution in [2.75, 3.05) is 13.2 Å². The van der Waals surface area contributed by atoms with Crippen LogP contribution in [-0.4, -0.2) is 115 Å². The summed E-state index contributed by atoms with van der Waals surface area (Å²) in [6.45, 7) is 8.00. The third kappa shape index (κ3) is 3.56. The van der Waals surface area contributed by atoms with Gasteiger partial charge in [-0.05, 0) is 92.8 Å². The zero-order valence-corrected chi connectivity index (χ0v) is 31.1. The monoisotopic (exact) mass is 744 g/mol. The maximum atomic E-state index is 15.0. The van der Waals surface area contributed by atoms with E-state index in [9.17, 15) is 45.3 Å². The summed E-state index contributed by atoms with van der Waals surface area (Å²) in [4.78, 5) is 44.2. The van der Waals surface area contributed by atoms with Gasteiger partial charge in [0.05, 0.1) is 31.5 Å². The van der Waals surface area contributed by atoms with Crippen LogP contribution in [0.3, 0.4) is 0 Å². The lowest BCUT2D eigenvalue weighted by atomic mass is 9.35. The summed E-state index contributed by atoms with van der Waals surface area (Å²) in [5.74, 6) is -9.45. The molecule has 0 amide bonds. The molecule has 6 bridgehead atoms. The number of aliphatic hydroxyl groups excluding tert-OH is 5. The molecule has 4 saturated heterocycles. The van der Waals surface area contributed by atoms with Gasteiger partial charge in [-0.15, -0.1) is 0 Å². The fourth-order valence-electron chi connectivity index (χ4n) is 16.7. The Bertz CT molecular complexity index is 1680. The minimum Gasteiger partial charge on any atom is -0.461 e. The van der Waals surface area contributed by atoms with Gasteiger partial charge in [0.1, 0.15) is 28.6 Å². The minimum atomic E-state index is -2.39. The third-order valence-electron chi connectivity index (χ3n) is 18.4. The second kappa shape index (κ2) is 10.3. The Kier molecular flexibility index (Phi) is 6.96. The first kappa shape index (κ1) is 35.8. The van der Waals surface area contributed by atoms with E-state index in [0.29, 0.717) is 38.5 Å². The standard InChI is InChI=1S/C40H56O13/c1-33(2)10-8-22(42)36-16-52-40(50,29(45)25(33)36)39-21(36)6-5-18(27(39)43)19(28(39)44)7-12-38(49)17-13-20(41)24-35(14-17,31(38)47)32(48)53-23-9-11-34(3,4)26-30(46)51-15-37(23,24)26/h17-27,29-30,41-43,45-46,49-50H,5-16H2,1-4H3/t17-,18+,19-,20+,21+,22+,23+,24-,25-,26-,27-,29+,30-,35+,36-,37+,38-,39-,40-/m1/s1. The highest BCUT2D eigenvalue weighted by Crippen LogP contribution is 2.77. The van der Waals surface area contributed by atoms with Crippen LogP contribution in [0.4, 0.5) is 0 Å². The fourth-order valence-corrected chi connectivity index (χ4v) is 16.7. The highest BCUT2D eigenvalue weighted by atomic mass is 16.6. The van der Waals surface area contributed by atoms with E-state index in [1.165, 1.54) is 0 Å². The predicted octanol–water partition coefficient (Wildman–Crippen LogP) is 0.600. The van der Waals surface area contributed by atoms with E-state index >= 15 is 4.79 Å². The maximum Gasteiger partial charge on any atom is 0.320 e. The molecule has 7 N–H and O–H groups in total. The number of fused-ring (bicyclic) bond motifs is 3. The van der Waals surface area contributed by atoms with Gasteiger partial charge in [-0.25, -0.2) is 0 Å². The maximum absolute atomic E-state index is 15.0. The fraction of sp³-hybridized carbons (Fsp3) is 0.925. The molecule has 0 aromatic carbocycles. The lowest BCUT2D eigenvalue weighted by Crippen LogP contribution is -2.85. The van der Waals surface area contributed by atoms with Gasteiger partial charge in [-0.2, -0.15) is 0 Å². The van der Waals surface area contributed by atoms with Crippen LogP contribution in [0.2, 0.25) is 0 Å². The van der Waals surface area contributed by atoms with Gasteiger partial charge in [0.15, 0.2) is 17.9 Å². The number of Topliss-reactive ketones (excluding diaryl/α,β-unsaturated/α-hetero) is 2. The Morgan fingerprint density at radius 3 is 2.23 bits per heavy atom. The molecule has 4 spiro atoms. The quantitative estimate of drug-likeness (QED) is 0.156. The lowest BCUT2D eigenvalue weighted by Gasteiger charge is -2.74. The van der Waals surface area contributed by atoms with Crippen molar-refractivity contribution in [1.82, 2.24) is 0 Å². The van der Waals surface area contributed by atoms with Crippen LogP contribution in [0.5, 0.6) is 0 Å². The van der Waals surface area contributed by atoms with E-state index in [0.717, 1.165) is 0 Å². The number of esters is 1. The molecular weight excluding hydrogens is 688 g/mol. The van der Waals surface area contributed by atoms with Gasteiger partial charge >= 0.3 is 5.97 Å². The molecule has 11 fully saturated rings. The molecule has 13 nitrogen and oxygen atoms in total. The Morgan fingerprint density at radius 1 is 0.792 bits per heavy atom. The Labute approximate surface area is 308 Å². The third-order valence-corrected chi connectivity index (χ3v) is 18.4. The van der Waals surface area contributed by atoms with Crippen LogP contribution in [0.25, 0.3) is 0 Å². The Hall–Kier alpha value is -1.55. The average molecular weight is 745 g/mol. The van der Waals surface area contributed by atoms with Crippen LogP contribution < -0.4 is 0 Å². The van der Waals surface area contributed by atoms with Crippen LogP contribution in [0.1, 0.15) is 91.9 Å². The van der Waals surface area contributed by atoms with Gasteiger partial charge < -0.3 is 50.0 Å². The largest absolute Gasteiger partial charge is 0.461 e. The number of rotatable bonds is 3. The van der Waals surface area contributed by atoms with Gasteiger partial charge in [-0.1, -0.05) is 27.7 Å². The molecule has 7 aliphatic carbocycles. The molecule has 0 unspecified atom stereocenters. The summed E-state index contributed by atoms with van der Waals surface area (Å²) < 4.78 is 18.1. The average Bonchev–Trinajstić information content (AvgIpc) is 3.56. The number of ether oxygens (including phenoxy) is 3. The topological polar surface area (TPSA) is 221 Å². The van der Waals surface area contributed by atoms with E-state index < -0.39 is 140 Å². The molecule has 11 rings (SSSR count). The number of aliphatic hydroxyl groups is 7. The van der Waals surface area contributed by atoms with Crippen LogP contribution >= 0.6 is 0 Å². The number of carbonyl (C=O) groups excluding carboxylic acids is 3. The van der Waals surface area contributed by atoms with Crippen molar-refractivity contribution >= 4 is 17.5 Å². The first-order valence-electron chi connectivity index (χ1n) is 20.2. The molecule has 0 aromatic rings. The van der Waals surface area contributed by atoms with Gasteiger partial charge in [-0.3, -0.25) is 14.4 Å². The van der Waals surface area contributed by atoms with Crippen LogP contribution in [0.15, 0.2) is 0 Å². The predicted molar refractivity (Wildman–Crippen MR) is 180 cm³/mol. The lowest BCUT2D eigenvalue weighted by molar-refractivity contribution is -0.458. The van der Waals surface area contributed by atoms with Crippen molar-refractivity contribution in [2.45, 2.75) is 140 Å². The number of ketones is 2. The van der Waals surface area contributed by atoms with Crippen molar-refractivity contribution in [1.29, 1.82) is 0 Å². The summed E-state index contributed by atoms with van der Waals surface area (Å²) in [5.41, 5.74) is -8.90. The normalized spacial score (nSPS) is 60.8. The summed E-state index contributed by atoms with van der Waals surface area (Å²) >= 11 is 0. The Morgan fingerprint density at radius 2 is 1.49 bits per heavy atom. The van der Waals surface area contributed by atoms with Crippen molar-refractivity contribution < 1.29 is 64.3 Å². The van der Waals surface area contributed by atoms with Crippen LogP contribution in [-0.2, 0) is 28.6 Å². The highest BCUT2D eigenvalue weighted by molar-refractivity contribution is 6.11. The van der Waals surface area contributed by atoms with E-state index in [1.807, 2.05) is 27.7 Å². The number of hydrogen-bond donors (Lipinski definition) is 7. The molecule has 53 heavy (non-hydrogen) atoms. The smallest absolute Gasteiger partial charge is 0.320 e. The number of carbonyl (C=O) groups is 3. The molecular formula is C40H56O13. The SMILES string of the molecule is CC1(C)CC[C@H](O)[C@]23CO[C@](O)([C@@H](O)[C@H]12)[C@]12C(=O)[C@H](CC[C@]4(O)C(=O)[C@]56C[C@H]4C[C@H](O)[C@H]5[C@@]45CO[C@@H](O)[C@@H]4C(C)(C)CC[C@@H]5OC6=O)[C@H](CC[C@@H]31)[C@H]2O. The molecule has 0 radical (unpaired) electrons. The highest BCUT2D eigenvalue weighted by Gasteiger charge is 2.88.